The number of fused-ring (bicyclic) bond motifs is 1. The number of amides is 1. The minimum absolute atomic E-state index is 0.134. The highest BCUT2D eigenvalue weighted by Crippen LogP contribution is 2.18. The molecule has 2 N–H and O–H groups in total. The van der Waals surface area contributed by atoms with Crippen molar-refractivity contribution < 1.29 is 4.79 Å². The number of para-hydroxylation sites is 1. The summed E-state index contributed by atoms with van der Waals surface area (Å²) in [6, 6.07) is 8.45. The predicted molar refractivity (Wildman–Crippen MR) is 88.4 cm³/mol. The van der Waals surface area contributed by atoms with Gasteiger partial charge in [-0.05, 0) is 24.5 Å². The molecule has 3 nitrogen and oxygen atoms in total. The van der Waals surface area contributed by atoms with Crippen LogP contribution in [0.4, 0.5) is 0 Å². The number of aromatic amines is 1. The Hall–Kier alpha value is -1.77. The average Bonchev–Trinajstić information content (AvgIpc) is 2.88. The molecule has 2 aromatic rings. The van der Waals surface area contributed by atoms with Gasteiger partial charge in [0.2, 0.25) is 5.91 Å². The van der Waals surface area contributed by atoms with Crippen LogP contribution >= 0.6 is 0 Å². The fourth-order valence-corrected chi connectivity index (χ4v) is 2.82. The number of benzene rings is 1. The molecule has 1 unspecified atom stereocenters. The van der Waals surface area contributed by atoms with E-state index in [2.05, 4.69) is 30.2 Å². The molecule has 0 bridgehead atoms. The molecule has 1 aromatic carbocycles. The molecule has 0 aliphatic carbocycles. The second-order valence-electron chi connectivity index (χ2n) is 5.73. The molecule has 0 radical (unpaired) electrons. The highest BCUT2D eigenvalue weighted by atomic mass is 16.1. The van der Waals surface area contributed by atoms with Crippen molar-refractivity contribution in [2.75, 3.05) is 0 Å². The van der Waals surface area contributed by atoms with Crippen molar-refractivity contribution in [3.05, 3.63) is 36.0 Å². The van der Waals surface area contributed by atoms with Crippen molar-refractivity contribution in [1.29, 1.82) is 0 Å². The predicted octanol–water partition coefficient (Wildman–Crippen LogP) is 4.19. The molecule has 2 rings (SSSR count). The van der Waals surface area contributed by atoms with Gasteiger partial charge in [0.05, 0.1) is 6.42 Å². The van der Waals surface area contributed by atoms with E-state index in [1.165, 1.54) is 12.8 Å². The topological polar surface area (TPSA) is 44.9 Å². The van der Waals surface area contributed by atoms with Crippen LogP contribution in [0.3, 0.4) is 0 Å². The fourth-order valence-electron chi connectivity index (χ4n) is 2.82. The van der Waals surface area contributed by atoms with Gasteiger partial charge in [0.15, 0.2) is 0 Å². The standard InChI is InChI=1S/C18H26N2O/c1-3-5-9-15(8-4-2)20-18(21)12-14-13-19-17-11-7-6-10-16(14)17/h6-7,10-11,13,15,19H,3-5,8-9,12H2,1-2H3,(H,20,21). The summed E-state index contributed by atoms with van der Waals surface area (Å²) >= 11 is 0. The second-order valence-corrected chi connectivity index (χ2v) is 5.73. The van der Waals surface area contributed by atoms with Crippen LogP contribution in [0.2, 0.25) is 0 Å². The number of rotatable bonds is 8. The van der Waals surface area contributed by atoms with Crippen molar-refractivity contribution in [2.45, 2.75) is 58.4 Å². The van der Waals surface area contributed by atoms with Crippen LogP contribution in [-0.4, -0.2) is 16.9 Å². The smallest absolute Gasteiger partial charge is 0.224 e. The lowest BCUT2D eigenvalue weighted by Gasteiger charge is -2.17. The van der Waals surface area contributed by atoms with Gasteiger partial charge in [-0.1, -0.05) is 51.3 Å². The van der Waals surface area contributed by atoms with Crippen molar-refractivity contribution in [2.24, 2.45) is 0 Å². The van der Waals surface area contributed by atoms with Gasteiger partial charge < -0.3 is 10.3 Å². The summed E-state index contributed by atoms with van der Waals surface area (Å²) in [7, 11) is 0. The van der Waals surface area contributed by atoms with E-state index in [4.69, 9.17) is 0 Å². The zero-order valence-electron chi connectivity index (χ0n) is 13.1. The first-order chi connectivity index (χ1) is 10.2. The minimum Gasteiger partial charge on any atom is -0.361 e. The van der Waals surface area contributed by atoms with Gasteiger partial charge in [-0.3, -0.25) is 4.79 Å². The van der Waals surface area contributed by atoms with E-state index in [1.807, 2.05) is 24.4 Å². The highest BCUT2D eigenvalue weighted by molar-refractivity contribution is 5.88. The fraction of sp³-hybridized carbons (Fsp3) is 0.500. The molecule has 1 amide bonds. The van der Waals surface area contributed by atoms with Gasteiger partial charge in [-0.15, -0.1) is 0 Å². The molecule has 114 valence electrons. The lowest BCUT2D eigenvalue weighted by molar-refractivity contribution is -0.121. The average molecular weight is 286 g/mol. The number of hydrogen-bond acceptors (Lipinski definition) is 1. The minimum atomic E-state index is 0.134. The second kappa shape index (κ2) is 7.87. The summed E-state index contributed by atoms with van der Waals surface area (Å²) in [5.41, 5.74) is 2.17. The van der Waals surface area contributed by atoms with Gasteiger partial charge in [0.25, 0.3) is 0 Å². The Bertz CT molecular complexity index is 573. The lowest BCUT2D eigenvalue weighted by Crippen LogP contribution is -2.35. The zero-order chi connectivity index (χ0) is 15.1. The van der Waals surface area contributed by atoms with Gasteiger partial charge in [0.1, 0.15) is 0 Å². The summed E-state index contributed by atoms with van der Waals surface area (Å²) in [5.74, 6) is 0.134. The van der Waals surface area contributed by atoms with Crippen LogP contribution in [0.5, 0.6) is 0 Å². The number of unbranched alkanes of at least 4 members (excludes halogenated alkanes) is 1. The Morgan fingerprint density at radius 1 is 1.19 bits per heavy atom. The maximum atomic E-state index is 12.3. The molecular formula is C18H26N2O. The van der Waals surface area contributed by atoms with E-state index in [9.17, 15) is 4.79 Å². The van der Waals surface area contributed by atoms with Crippen molar-refractivity contribution in [3.8, 4) is 0 Å². The molecule has 0 saturated carbocycles. The van der Waals surface area contributed by atoms with Crippen molar-refractivity contribution in [3.63, 3.8) is 0 Å². The summed E-state index contributed by atoms with van der Waals surface area (Å²) in [6.07, 6.45) is 8.03. The molecule has 0 aliphatic heterocycles. The molecule has 0 fully saturated rings. The van der Waals surface area contributed by atoms with Gasteiger partial charge in [0, 0.05) is 23.1 Å². The highest BCUT2D eigenvalue weighted by Gasteiger charge is 2.13. The Morgan fingerprint density at radius 2 is 2.00 bits per heavy atom. The third-order valence-corrected chi connectivity index (χ3v) is 3.93. The maximum Gasteiger partial charge on any atom is 0.224 e. The summed E-state index contributed by atoms with van der Waals surface area (Å²) in [6.45, 7) is 4.36. The number of hydrogen-bond donors (Lipinski definition) is 2. The first-order valence-electron chi connectivity index (χ1n) is 8.09. The Labute approximate surface area is 127 Å². The molecule has 3 heteroatoms. The Balaban J connectivity index is 1.96. The van der Waals surface area contributed by atoms with Crippen LogP contribution in [0.25, 0.3) is 10.9 Å². The monoisotopic (exact) mass is 286 g/mol. The molecule has 21 heavy (non-hydrogen) atoms. The third kappa shape index (κ3) is 4.35. The van der Waals surface area contributed by atoms with Gasteiger partial charge in [-0.25, -0.2) is 0 Å². The number of carbonyl (C=O) groups is 1. The molecule has 1 heterocycles. The van der Waals surface area contributed by atoms with E-state index in [0.717, 1.165) is 35.7 Å². The first kappa shape index (κ1) is 15.6. The first-order valence-corrected chi connectivity index (χ1v) is 8.09. The number of aromatic nitrogens is 1. The van der Waals surface area contributed by atoms with Crippen LogP contribution in [-0.2, 0) is 11.2 Å². The van der Waals surface area contributed by atoms with E-state index in [1.54, 1.807) is 0 Å². The van der Waals surface area contributed by atoms with E-state index >= 15 is 0 Å². The van der Waals surface area contributed by atoms with Gasteiger partial charge in [-0.2, -0.15) is 0 Å². The summed E-state index contributed by atoms with van der Waals surface area (Å²) < 4.78 is 0. The van der Waals surface area contributed by atoms with E-state index in [0.29, 0.717) is 12.5 Å². The van der Waals surface area contributed by atoms with Crippen LogP contribution < -0.4 is 5.32 Å². The van der Waals surface area contributed by atoms with Crippen LogP contribution in [0.1, 0.15) is 51.5 Å². The molecule has 1 aromatic heterocycles. The SMILES string of the molecule is CCCCC(CCC)NC(=O)Cc1c[nH]c2ccccc12. The van der Waals surface area contributed by atoms with Crippen molar-refractivity contribution >= 4 is 16.8 Å². The third-order valence-electron chi connectivity index (χ3n) is 3.93. The molecule has 0 saturated heterocycles. The Kier molecular flexibility index (Phi) is 5.85. The van der Waals surface area contributed by atoms with Crippen molar-refractivity contribution in [1.82, 2.24) is 10.3 Å². The maximum absolute atomic E-state index is 12.3. The number of H-pyrrole nitrogens is 1. The normalized spacial score (nSPS) is 12.5. The quantitative estimate of drug-likeness (QED) is 0.751. The van der Waals surface area contributed by atoms with E-state index in [-0.39, 0.29) is 5.91 Å². The van der Waals surface area contributed by atoms with Crippen LogP contribution in [0.15, 0.2) is 30.5 Å². The Morgan fingerprint density at radius 3 is 2.76 bits per heavy atom. The lowest BCUT2D eigenvalue weighted by atomic mass is 10.0. The van der Waals surface area contributed by atoms with Crippen LogP contribution in [0, 0.1) is 0 Å². The molecule has 0 spiro atoms. The zero-order valence-corrected chi connectivity index (χ0v) is 13.1. The number of carbonyl (C=O) groups excluding carboxylic acids is 1. The molecular weight excluding hydrogens is 260 g/mol. The largest absolute Gasteiger partial charge is 0.361 e. The number of nitrogens with one attached hydrogen (secondary N) is 2. The van der Waals surface area contributed by atoms with Gasteiger partial charge >= 0.3 is 0 Å². The molecule has 1 atom stereocenters. The van der Waals surface area contributed by atoms with E-state index < -0.39 is 0 Å². The summed E-state index contributed by atoms with van der Waals surface area (Å²) in [4.78, 5) is 15.5. The summed E-state index contributed by atoms with van der Waals surface area (Å²) in [5, 5.41) is 4.35. The molecule has 0 aliphatic rings.